The van der Waals surface area contributed by atoms with Gasteiger partial charge in [0.25, 0.3) is 0 Å². The first-order chi connectivity index (χ1) is 7.83. The van der Waals surface area contributed by atoms with E-state index in [9.17, 15) is 0 Å². The molecular formula is C11H13ClN2OS. The molecule has 0 amide bonds. The minimum Gasteiger partial charge on any atom is -0.381 e. The zero-order valence-corrected chi connectivity index (χ0v) is 10.5. The summed E-state index contributed by atoms with van der Waals surface area (Å²) in [4.78, 5) is 9.00. The molecule has 0 aromatic carbocycles. The summed E-state index contributed by atoms with van der Waals surface area (Å²) in [7, 11) is 0. The molecule has 1 saturated heterocycles. The zero-order chi connectivity index (χ0) is 11.0. The fourth-order valence-corrected chi connectivity index (χ4v) is 3.55. The number of nitrogens with zero attached hydrogens (tertiary/aromatic N) is 2. The van der Waals surface area contributed by atoms with Crippen molar-refractivity contribution in [3.63, 3.8) is 0 Å². The van der Waals surface area contributed by atoms with E-state index < -0.39 is 0 Å². The summed E-state index contributed by atoms with van der Waals surface area (Å²) in [5, 5.41) is 0.656. The van der Waals surface area contributed by atoms with Crippen LogP contribution < -0.4 is 0 Å². The maximum atomic E-state index is 6.16. The highest BCUT2D eigenvalue weighted by molar-refractivity contribution is 7.98. The molecule has 0 radical (unpaired) electrons. The highest BCUT2D eigenvalue weighted by Gasteiger charge is 2.22. The van der Waals surface area contributed by atoms with E-state index in [0.717, 1.165) is 54.6 Å². The lowest BCUT2D eigenvalue weighted by Crippen LogP contribution is -2.09. The molecule has 2 aliphatic rings. The average Bonchev–Trinajstić information content (AvgIpc) is 2.87. The molecule has 0 spiro atoms. The fourth-order valence-electron chi connectivity index (χ4n) is 2.15. The van der Waals surface area contributed by atoms with Crippen LogP contribution in [-0.4, -0.2) is 23.2 Å². The lowest BCUT2D eigenvalue weighted by atomic mass is 10.0. The molecule has 1 atom stereocenters. The van der Waals surface area contributed by atoms with Gasteiger partial charge in [0, 0.05) is 36.7 Å². The maximum absolute atomic E-state index is 6.16. The van der Waals surface area contributed by atoms with Gasteiger partial charge in [0.2, 0.25) is 0 Å². The average molecular weight is 257 g/mol. The molecule has 2 aliphatic heterocycles. The minimum absolute atomic E-state index is 0.572. The van der Waals surface area contributed by atoms with Gasteiger partial charge in [0.05, 0.1) is 5.69 Å². The molecular weight excluding hydrogens is 244 g/mol. The van der Waals surface area contributed by atoms with E-state index in [0.29, 0.717) is 11.1 Å². The second-order valence-corrected chi connectivity index (χ2v) is 5.63. The van der Waals surface area contributed by atoms with Crippen molar-refractivity contribution < 1.29 is 4.74 Å². The van der Waals surface area contributed by atoms with Gasteiger partial charge in [-0.05, 0) is 12.3 Å². The first-order valence-corrected chi connectivity index (χ1v) is 7.06. The van der Waals surface area contributed by atoms with Crippen molar-refractivity contribution >= 4 is 23.4 Å². The lowest BCUT2D eigenvalue weighted by Gasteiger charge is -2.08. The van der Waals surface area contributed by atoms with Crippen molar-refractivity contribution in [2.45, 2.75) is 24.3 Å². The molecule has 3 nitrogen and oxygen atoms in total. The molecule has 16 heavy (non-hydrogen) atoms. The van der Waals surface area contributed by atoms with Gasteiger partial charge in [0.1, 0.15) is 11.0 Å². The molecule has 1 unspecified atom stereocenters. The van der Waals surface area contributed by atoms with Crippen LogP contribution in [0.25, 0.3) is 0 Å². The maximum Gasteiger partial charge on any atom is 0.137 e. The molecule has 0 aliphatic carbocycles. The number of thioether (sulfide) groups is 1. The van der Waals surface area contributed by atoms with E-state index in [1.807, 2.05) is 11.8 Å². The Morgan fingerprint density at radius 3 is 3.12 bits per heavy atom. The third-order valence-corrected chi connectivity index (χ3v) is 4.35. The molecule has 5 heteroatoms. The molecule has 3 heterocycles. The number of aromatic nitrogens is 2. The van der Waals surface area contributed by atoms with E-state index in [1.54, 1.807) is 0 Å². The summed E-state index contributed by atoms with van der Waals surface area (Å²) in [6, 6.07) is 0. The summed E-state index contributed by atoms with van der Waals surface area (Å²) >= 11 is 8.02. The zero-order valence-electron chi connectivity index (χ0n) is 8.91. The number of halogens is 1. The van der Waals surface area contributed by atoms with Crippen LogP contribution in [-0.2, 0) is 22.7 Å². The largest absolute Gasteiger partial charge is 0.381 e. The molecule has 1 aromatic rings. The second kappa shape index (κ2) is 4.51. The Bertz CT molecular complexity index is 407. The normalized spacial score (nSPS) is 23.7. The monoisotopic (exact) mass is 256 g/mol. The van der Waals surface area contributed by atoms with Crippen molar-refractivity contribution in [2.24, 2.45) is 5.92 Å². The van der Waals surface area contributed by atoms with Crippen LogP contribution in [0.3, 0.4) is 0 Å². The Morgan fingerprint density at radius 2 is 2.31 bits per heavy atom. The first-order valence-electron chi connectivity index (χ1n) is 5.52. The number of hydrogen-bond acceptors (Lipinski definition) is 4. The fraction of sp³-hybridized carbons (Fsp3) is 0.636. The standard InChI is InChI=1S/C11H13ClN2OS/c12-11-8-5-16-6-9(8)13-10(14-11)3-7-1-2-15-4-7/h7H,1-6H2. The van der Waals surface area contributed by atoms with Crippen molar-refractivity contribution in [3.05, 3.63) is 22.2 Å². The SMILES string of the molecule is Clc1nc(CC2CCOC2)nc2c1CSC2. The lowest BCUT2D eigenvalue weighted by molar-refractivity contribution is 0.185. The third-order valence-electron chi connectivity index (χ3n) is 3.07. The van der Waals surface area contributed by atoms with Gasteiger partial charge in [-0.1, -0.05) is 11.6 Å². The van der Waals surface area contributed by atoms with Crippen LogP contribution in [0.1, 0.15) is 23.5 Å². The van der Waals surface area contributed by atoms with E-state index in [2.05, 4.69) is 9.97 Å². The van der Waals surface area contributed by atoms with Gasteiger partial charge in [0.15, 0.2) is 0 Å². The number of ether oxygens (including phenoxy) is 1. The topological polar surface area (TPSA) is 35.0 Å². The Hall–Kier alpha value is -0.320. The van der Waals surface area contributed by atoms with Crippen molar-refractivity contribution in [1.29, 1.82) is 0 Å². The third kappa shape index (κ3) is 2.06. The van der Waals surface area contributed by atoms with E-state index in [4.69, 9.17) is 16.3 Å². The van der Waals surface area contributed by atoms with Crippen molar-refractivity contribution in [1.82, 2.24) is 9.97 Å². The molecule has 1 aromatic heterocycles. The summed E-state index contributed by atoms with van der Waals surface area (Å²) in [5.74, 6) is 3.40. The van der Waals surface area contributed by atoms with Crippen LogP contribution in [0.2, 0.25) is 5.15 Å². The van der Waals surface area contributed by atoms with E-state index in [-0.39, 0.29) is 0 Å². The van der Waals surface area contributed by atoms with Crippen molar-refractivity contribution in [3.8, 4) is 0 Å². The quantitative estimate of drug-likeness (QED) is 0.762. The van der Waals surface area contributed by atoms with Gasteiger partial charge in [-0.2, -0.15) is 11.8 Å². The second-order valence-electron chi connectivity index (χ2n) is 4.28. The predicted octanol–water partition coefficient (Wildman–Crippen LogP) is 2.46. The van der Waals surface area contributed by atoms with Crippen LogP contribution in [0.4, 0.5) is 0 Å². The Balaban J connectivity index is 1.82. The molecule has 86 valence electrons. The summed E-state index contributed by atoms with van der Waals surface area (Å²) < 4.78 is 5.36. The minimum atomic E-state index is 0.572. The van der Waals surface area contributed by atoms with Gasteiger partial charge in [-0.25, -0.2) is 9.97 Å². The highest BCUT2D eigenvalue weighted by atomic mass is 35.5. The Kier molecular flexibility index (Phi) is 3.05. The molecule has 0 N–H and O–H groups in total. The molecule has 1 fully saturated rings. The Labute approximate surface area is 104 Å². The van der Waals surface area contributed by atoms with Gasteiger partial charge in [-0.3, -0.25) is 0 Å². The first kappa shape index (κ1) is 10.8. The van der Waals surface area contributed by atoms with Crippen LogP contribution in [0.5, 0.6) is 0 Å². The van der Waals surface area contributed by atoms with Crippen LogP contribution in [0.15, 0.2) is 0 Å². The summed E-state index contributed by atoms with van der Waals surface area (Å²) in [6.07, 6.45) is 2.02. The molecule has 0 bridgehead atoms. The number of fused-ring (bicyclic) bond motifs is 1. The van der Waals surface area contributed by atoms with Gasteiger partial charge >= 0.3 is 0 Å². The number of rotatable bonds is 2. The van der Waals surface area contributed by atoms with E-state index >= 15 is 0 Å². The smallest absolute Gasteiger partial charge is 0.137 e. The van der Waals surface area contributed by atoms with Crippen LogP contribution in [0, 0.1) is 5.92 Å². The van der Waals surface area contributed by atoms with Crippen molar-refractivity contribution in [2.75, 3.05) is 13.2 Å². The summed E-state index contributed by atoms with van der Waals surface area (Å²) in [6.45, 7) is 1.71. The predicted molar refractivity (Wildman–Crippen MR) is 64.7 cm³/mol. The van der Waals surface area contributed by atoms with Gasteiger partial charge < -0.3 is 4.74 Å². The molecule has 3 rings (SSSR count). The molecule has 0 saturated carbocycles. The Morgan fingerprint density at radius 1 is 1.38 bits per heavy atom. The number of hydrogen-bond donors (Lipinski definition) is 0. The van der Waals surface area contributed by atoms with Crippen LogP contribution >= 0.6 is 23.4 Å². The van der Waals surface area contributed by atoms with Gasteiger partial charge in [-0.15, -0.1) is 0 Å². The summed E-state index contributed by atoms with van der Waals surface area (Å²) in [5.41, 5.74) is 2.28. The van der Waals surface area contributed by atoms with E-state index in [1.165, 1.54) is 0 Å². The highest BCUT2D eigenvalue weighted by Crippen LogP contribution is 2.32.